The Kier molecular flexibility index (Phi) is 6.51. The van der Waals surface area contributed by atoms with E-state index in [9.17, 15) is 9.59 Å². The van der Waals surface area contributed by atoms with Gasteiger partial charge in [-0.25, -0.2) is 9.59 Å². The van der Waals surface area contributed by atoms with Gasteiger partial charge in [0.05, 0.1) is 0 Å². The van der Waals surface area contributed by atoms with Crippen molar-refractivity contribution in [3.05, 3.63) is 22.4 Å². The highest BCUT2D eigenvalue weighted by Crippen LogP contribution is 2.11. The van der Waals surface area contributed by atoms with Crippen LogP contribution in [0.2, 0.25) is 0 Å². The Bertz CT molecular complexity index is 432. The third-order valence-electron chi connectivity index (χ3n) is 2.78. The molecule has 0 bridgehead atoms. The van der Waals surface area contributed by atoms with Crippen molar-refractivity contribution >= 4 is 23.3 Å². The number of carboxylic acids is 1. The first-order valence-electron chi connectivity index (χ1n) is 6.70. The molecule has 1 aromatic rings. The highest BCUT2D eigenvalue weighted by molar-refractivity contribution is 7.09. The molecular formula is C14H22N2O3S. The summed E-state index contributed by atoms with van der Waals surface area (Å²) in [5.41, 5.74) is 0. The van der Waals surface area contributed by atoms with E-state index in [-0.39, 0.29) is 12.0 Å². The van der Waals surface area contributed by atoms with Crippen LogP contribution in [0.1, 0.15) is 32.1 Å². The first-order chi connectivity index (χ1) is 9.38. The maximum absolute atomic E-state index is 11.8. The summed E-state index contributed by atoms with van der Waals surface area (Å²) < 4.78 is 0. The number of hydrogen-bond donors (Lipinski definition) is 3. The average molecular weight is 298 g/mol. The molecule has 0 aromatic carbocycles. The number of thiophene rings is 1. The summed E-state index contributed by atoms with van der Waals surface area (Å²) in [6, 6.07) is 2.67. The summed E-state index contributed by atoms with van der Waals surface area (Å²) in [5, 5.41) is 16.3. The molecule has 0 aliphatic carbocycles. The zero-order chi connectivity index (χ0) is 15.1. The molecule has 6 heteroatoms. The smallest absolute Gasteiger partial charge is 0.326 e. The Balaban J connectivity index is 2.42. The molecule has 1 aromatic heterocycles. The highest BCUT2D eigenvalue weighted by Gasteiger charge is 2.21. The van der Waals surface area contributed by atoms with Gasteiger partial charge >= 0.3 is 12.0 Å². The van der Waals surface area contributed by atoms with E-state index in [1.54, 1.807) is 11.3 Å². The summed E-state index contributed by atoms with van der Waals surface area (Å²) in [7, 11) is 0. The fourth-order valence-electron chi connectivity index (χ4n) is 1.90. The molecule has 5 nitrogen and oxygen atoms in total. The minimum Gasteiger partial charge on any atom is -0.480 e. The lowest BCUT2D eigenvalue weighted by Crippen LogP contribution is -2.49. The summed E-state index contributed by atoms with van der Waals surface area (Å²) >= 11 is 1.64. The molecule has 0 fully saturated rings. The molecule has 2 unspecified atom stereocenters. The zero-order valence-electron chi connectivity index (χ0n) is 12.1. The molecule has 0 saturated heterocycles. The van der Waals surface area contributed by atoms with Gasteiger partial charge in [-0.3, -0.25) is 0 Å². The summed E-state index contributed by atoms with van der Waals surface area (Å²) in [6.07, 6.45) is 1.16. The van der Waals surface area contributed by atoms with Crippen molar-refractivity contribution in [1.82, 2.24) is 10.6 Å². The van der Waals surface area contributed by atoms with Gasteiger partial charge in [0.2, 0.25) is 0 Å². The molecule has 1 rings (SSSR count). The fourth-order valence-corrected chi connectivity index (χ4v) is 2.73. The quantitative estimate of drug-likeness (QED) is 0.723. The number of urea groups is 1. The number of carbonyl (C=O) groups excluding carboxylic acids is 1. The van der Waals surface area contributed by atoms with Gasteiger partial charge in [-0.15, -0.1) is 11.3 Å². The molecular weight excluding hydrogens is 276 g/mol. The van der Waals surface area contributed by atoms with Crippen molar-refractivity contribution in [2.75, 3.05) is 0 Å². The van der Waals surface area contributed by atoms with Crippen LogP contribution in [0.5, 0.6) is 0 Å². The molecule has 0 aliphatic rings. The van der Waals surface area contributed by atoms with Crippen LogP contribution >= 0.6 is 11.3 Å². The third kappa shape index (κ3) is 6.06. The minimum atomic E-state index is -1.00. The molecule has 2 amide bonds. The van der Waals surface area contributed by atoms with E-state index in [0.29, 0.717) is 6.42 Å². The SMILES string of the molecule is CC(C)CC(NC(=O)NC(C)Cc1cccs1)C(=O)O. The number of carboxylic acid groups (broad SMARTS) is 1. The van der Waals surface area contributed by atoms with Crippen LogP contribution in [0.15, 0.2) is 17.5 Å². The van der Waals surface area contributed by atoms with Crippen LogP contribution < -0.4 is 10.6 Å². The van der Waals surface area contributed by atoms with Crippen molar-refractivity contribution < 1.29 is 14.7 Å². The maximum Gasteiger partial charge on any atom is 0.326 e. The third-order valence-corrected chi connectivity index (χ3v) is 3.67. The van der Waals surface area contributed by atoms with E-state index in [4.69, 9.17) is 5.11 Å². The van der Waals surface area contributed by atoms with Crippen LogP contribution in [0.3, 0.4) is 0 Å². The van der Waals surface area contributed by atoms with Crippen LogP contribution in [-0.2, 0) is 11.2 Å². The van der Waals surface area contributed by atoms with Crippen LogP contribution in [0, 0.1) is 5.92 Å². The molecule has 0 spiro atoms. The van der Waals surface area contributed by atoms with E-state index in [1.165, 1.54) is 4.88 Å². The predicted octanol–water partition coefficient (Wildman–Crippen LogP) is 2.48. The van der Waals surface area contributed by atoms with Gasteiger partial charge < -0.3 is 15.7 Å². The Morgan fingerprint density at radius 3 is 2.50 bits per heavy atom. The minimum absolute atomic E-state index is 0.0397. The van der Waals surface area contributed by atoms with Gasteiger partial charge in [0.25, 0.3) is 0 Å². The lowest BCUT2D eigenvalue weighted by molar-refractivity contribution is -0.139. The van der Waals surface area contributed by atoms with Gasteiger partial charge in [-0.05, 0) is 30.7 Å². The maximum atomic E-state index is 11.8. The van der Waals surface area contributed by atoms with Crippen molar-refractivity contribution in [3.8, 4) is 0 Å². The van der Waals surface area contributed by atoms with Crippen molar-refractivity contribution in [1.29, 1.82) is 0 Å². The lowest BCUT2D eigenvalue weighted by Gasteiger charge is -2.19. The van der Waals surface area contributed by atoms with Crippen molar-refractivity contribution in [2.24, 2.45) is 5.92 Å². The second-order valence-electron chi connectivity index (χ2n) is 5.32. The number of nitrogens with one attached hydrogen (secondary N) is 2. The lowest BCUT2D eigenvalue weighted by atomic mass is 10.0. The van der Waals surface area contributed by atoms with Gasteiger partial charge in [-0.1, -0.05) is 19.9 Å². The number of amides is 2. The largest absolute Gasteiger partial charge is 0.480 e. The Morgan fingerprint density at radius 2 is 2.00 bits per heavy atom. The van der Waals surface area contributed by atoms with Gasteiger partial charge in [0, 0.05) is 17.3 Å². The molecule has 1 heterocycles. The van der Waals surface area contributed by atoms with E-state index < -0.39 is 18.0 Å². The number of aliphatic carboxylic acids is 1. The molecule has 2 atom stereocenters. The summed E-state index contributed by atoms with van der Waals surface area (Å²) in [6.45, 7) is 5.75. The molecule has 0 radical (unpaired) electrons. The van der Waals surface area contributed by atoms with Gasteiger partial charge in [0.1, 0.15) is 6.04 Å². The summed E-state index contributed by atoms with van der Waals surface area (Å²) in [4.78, 5) is 24.1. The van der Waals surface area contributed by atoms with E-state index in [1.807, 2.05) is 38.3 Å². The zero-order valence-corrected chi connectivity index (χ0v) is 12.9. The average Bonchev–Trinajstić information content (AvgIpc) is 2.79. The molecule has 0 aliphatic heterocycles. The van der Waals surface area contributed by atoms with E-state index >= 15 is 0 Å². The van der Waals surface area contributed by atoms with Crippen LogP contribution in [0.4, 0.5) is 4.79 Å². The number of carbonyl (C=O) groups is 2. The number of rotatable bonds is 7. The Morgan fingerprint density at radius 1 is 1.30 bits per heavy atom. The van der Waals surface area contributed by atoms with Gasteiger partial charge in [0.15, 0.2) is 0 Å². The monoisotopic (exact) mass is 298 g/mol. The van der Waals surface area contributed by atoms with Crippen molar-refractivity contribution in [3.63, 3.8) is 0 Å². The Hall–Kier alpha value is -1.56. The first-order valence-corrected chi connectivity index (χ1v) is 7.58. The first kappa shape index (κ1) is 16.5. The molecule has 20 heavy (non-hydrogen) atoms. The van der Waals surface area contributed by atoms with Gasteiger partial charge in [-0.2, -0.15) is 0 Å². The normalized spacial score (nSPS) is 13.8. The summed E-state index contributed by atoms with van der Waals surface area (Å²) in [5.74, 6) is -0.792. The van der Waals surface area contributed by atoms with E-state index in [0.717, 1.165) is 6.42 Å². The standard InChI is InChI=1S/C14H22N2O3S/c1-9(2)7-12(13(17)18)16-14(19)15-10(3)8-11-5-4-6-20-11/h4-6,9-10,12H,7-8H2,1-3H3,(H,17,18)(H2,15,16,19). The topological polar surface area (TPSA) is 78.4 Å². The molecule has 0 saturated carbocycles. The Labute approximate surface area is 123 Å². The molecule has 112 valence electrons. The van der Waals surface area contributed by atoms with Crippen LogP contribution in [-0.4, -0.2) is 29.2 Å². The van der Waals surface area contributed by atoms with E-state index in [2.05, 4.69) is 10.6 Å². The second-order valence-corrected chi connectivity index (χ2v) is 6.35. The molecule has 3 N–H and O–H groups in total. The van der Waals surface area contributed by atoms with Crippen molar-refractivity contribution in [2.45, 2.75) is 45.7 Å². The predicted molar refractivity (Wildman–Crippen MR) is 80.0 cm³/mol. The highest BCUT2D eigenvalue weighted by atomic mass is 32.1. The van der Waals surface area contributed by atoms with Crippen LogP contribution in [0.25, 0.3) is 0 Å². The second kappa shape index (κ2) is 7.89. The fraction of sp³-hybridized carbons (Fsp3) is 0.571. The number of hydrogen-bond acceptors (Lipinski definition) is 3.